The van der Waals surface area contributed by atoms with Crippen LogP contribution in [0.2, 0.25) is 0 Å². The number of aromatic nitrogens is 1. The molecule has 0 radical (unpaired) electrons. The highest BCUT2D eigenvalue weighted by Crippen LogP contribution is 2.21. The molecule has 1 aliphatic rings. The molecule has 6 nitrogen and oxygen atoms in total. The van der Waals surface area contributed by atoms with E-state index in [-0.39, 0.29) is 11.0 Å². The van der Waals surface area contributed by atoms with Crippen LogP contribution >= 0.6 is 0 Å². The van der Waals surface area contributed by atoms with Crippen LogP contribution in [0.1, 0.15) is 19.8 Å². The van der Waals surface area contributed by atoms with Gasteiger partial charge in [-0.05, 0) is 31.9 Å². The van der Waals surface area contributed by atoms with Gasteiger partial charge in [0.2, 0.25) is 10.0 Å². The van der Waals surface area contributed by atoms with Crippen molar-refractivity contribution in [2.24, 2.45) is 0 Å². The van der Waals surface area contributed by atoms with E-state index in [1.807, 2.05) is 6.92 Å². The first-order valence-electron chi connectivity index (χ1n) is 6.80. The third-order valence-electron chi connectivity index (χ3n) is 3.47. The molecule has 1 N–H and O–H groups in total. The van der Waals surface area contributed by atoms with Crippen molar-refractivity contribution < 1.29 is 13.2 Å². The van der Waals surface area contributed by atoms with Gasteiger partial charge in [-0.15, -0.1) is 0 Å². The lowest BCUT2D eigenvalue weighted by molar-refractivity contribution is 0.0604. The summed E-state index contributed by atoms with van der Waals surface area (Å²) in [6.07, 6.45) is 3.04. The summed E-state index contributed by atoms with van der Waals surface area (Å²) < 4.78 is 31.7. The van der Waals surface area contributed by atoms with E-state index in [1.54, 1.807) is 19.2 Å². The zero-order valence-electron chi connectivity index (χ0n) is 11.9. The number of nitrogens with zero attached hydrogens (tertiary/aromatic N) is 2. The highest BCUT2D eigenvalue weighted by Gasteiger charge is 2.29. The predicted octanol–water partition coefficient (Wildman–Crippen LogP) is 1.31. The van der Waals surface area contributed by atoms with Crippen molar-refractivity contribution in [1.29, 1.82) is 0 Å². The Morgan fingerprint density at radius 2 is 2.10 bits per heavy atom. The van der Waals surface area contributed by atoms with Crippen LogP contribution in [0.5, 0.6) is 0 Å². The first-order valence-corrected chi connectivity index (χ1v) is 8.24. The molecule has 1 aliphatic heterocycles. The molecule has 1 saturated heterocycles. The van der Waals surface area contributed by atoms with Gasteiger partial charge in [0, 0.05) is 32.9 Å². The highest BCUT2D eigenvalue weighted by atomic mass is 32.2. The molecule has 7 heteroatoms. The van der Waals surface area contributed by atoms with Gasteiger partial charge in [-0.3, -0.25) is 0 Å². The van der Waals surface area contributed by atoms with Crippen LogP contribution < -0.4 is 5.32 Å². The van der Waals surface area contributed by atoms with Crippen molar-refractivity contribution >= 4 is 15.8 Å². The summed E-state index contributed by atoms with van der Waals surface area (Å²) in [6.45, 7) is 3.71. The average Bonchev–Trinajstić information content (AvgIpc) is 2.48. The Labute approximate surface area is 120 Å². The number of hydrogen-bond acceptors (Lipinski definition) is 5. The molecule has 1 aromatic heterocycles. The molecule has 1 fully saturated rings. The predicted molar refractivity (Wildman–Crippen MR) is 77.2 cm³/mol. The van der Waals surface area contributed by atoms with Crippen molar-refractivity contribution in [1.82, 2.24) is 9.29 Å². The number of ether oxygens (including phenoxy) is 1. The van der Waals surface area contributed by atoms with Crippen molar-refractivity contribution in [3.63, 3.8) is 0 Å². The number of anilines is 1. The van der Waals surface area contributed by atoms with Gasteiger partial charge in [-0.25, -0.2) is 13.4 Å². The number of sulfonamides is 1. The minimum atomic E-state index is -3.44. The second-order valence-electron chi connectivity index (χ2n) is 4.75. The van der Waals surface area contributed by atoms with E-state index in [0.717, 1.165) is 19.4 Å². The van der Waals surface area contributed by atoms with E-state index in [2.05, 4.69) is 10.3 Å². The molecule has 112 valence electrons. The van der Waals surface area contributed by atoms with Crippen molar-refractivity contribution in [3.8, 4) is 0 Å². The zero-order valence-corrected chi connectivity index (χ0v) is 12.7. The number of piperidine rings is 1. The van der Waals surface area contributed by atoms with E-state index in [4.69, 9.17) is 4.74 Å². The summed E-state index contributed by atoms with van der Waals surface area (Å²) in [6, 6.07) is 3.29. The van der Waals surface area contributed by atoms with E-state index in [9.17, 15) is 8.42 Å². The first kappa shape index (κ1) is 15.2. The maximum absolute atomic E-state index is 12.5. The second kappa shape index (κ2) is 6.51. The highest BCUT2D eigenvalue weighted by molar-refractivity contribution is 7.89. The molecule has 0 atom stereocenters. The number of hydrogen-bond donors (Lipinski definition) is 1. The summed E-state index contributed by atoms with van der Waals surface area (Å²) >= 11 is 0. The van der Waals surface area contributed by atoms with Gasteiger partial charge < -0.3 is 10.1 Å². The van der Waals surface area contributed by atoms with Gasteiger partial charge in [-0.2, -0.15) is 4.31 Å². The minimum absolute atomic E-state index is 0.163. The van der Waals surface area contributed by atoms with Crippen molar-refractivity contribution in [2.75, 3.05) is 32.1 Å². The molecule has 0 amide bonds. The molecule has 0 aliphatic carbocycles. The van der Waals surface area contributed by atoms with Crippen LogP contribution in [0, 0.1) is 0 Å². The number of rotatable bonds is 5. The topological polar surface area (TPSA) is 71.5 Å². The third kappa shape index (κ3) is 3.28. The van der Waals surface area contributed by atoms with Crippen LogP contribution in [0.4, 0.5) is 5.82 Å². The lowest BCUT2D eigenvalue weighted by Crippen LogP contribution is -2.40. The molecule has 2 heterocycles. The first-order chi connectivity index (χ1) is 9.57. The van der Waals surface area contributed by atoms with Crippen LogP contribution in [0.3, 0.4) is 0 Å². The smallest absolute Gasteiger partial charge is 0.244 e. The maximum atomic E-state index is 12.5. The molecule has 0 aromatic carbocycles. The summed E-state index contributed by atoms with van der Waals surface area (Å²) in [5.74, 6) is 0.685. The normalized spacial score (nSPS) is 18.1. The van der Waals surface area contributed by atoms with Crippen LogP contribution in [0.15, 0.2) is 23.2 Å². The Kier molecular flexibility index (Phi) is 4.95. The Morgan fingerprint density at radius 3 is 2.60 bits per heavy atom. The maximum Gasteiger partial charge on any atom is 0.244 e. The Balaban J connectivity index is 2.10. The fraction of sp³-hybridized carbons (Fsp3) is 0.615. The Morgan fingerprint density at radius 1 is 1.40 bits per heavy atom. The summed E-state index contributed by atoms with van der Waals surface area (Å²) in [5.41, 5.74) is 0. The quantitative estimate of drug-likeness (QED) is 0.887. The van der Waals surface area contributed by atoms with Gasteiger partial charge in [0.25, 0.3) is 0 Å². The van der Waals surface area contributed by atoms with E-state index < -0.39 is 10.0 Å². The van der Waals surface area contributed by atoms with E-state index in [0.29, 0.717) is 18.9 Å². The summed E-state index contributed by atoms with van der Waals surface area (Å²) in [5, 5.41) is 3.04. The van der Waals surface area contributed by atoms with Gasteiger partial charge in [-0.1, -0.05) is 0 Å². The monoisotopic (exact) mass is 299 g/mol. The fourth-order valence-corrected chi connectivity index (χ4v) is 3.69. The van der Waals surface area contributed by atoms with Crippen LogP contribution in [-0.4, -0.2) is 50.6 Å². The van der Waals surface area contributed by atoms with Crippen LogP contribution in [-0.2, 0) is 14.8 Å². The molecule has 2 rings (SSSR count). The lowest BCUT2D eigenvalue weighted by atomic mass is 10.1. The Hall–Kier alpha value is -1.18. The molecule has 0 spiro atoms. The molecule has 0 bridgehead atoms. The zero-order chi connectivity index (χ0) is 14.6. The number of methoxy groups -OCH3 is 1. The van der Waals surface area contributed by atoms with Gasteiger partial charge in [0.15, 0.2) is 0 Å². The van der Waals surface area contributed by atoms with Crippen molar-refractivity contribution in [3.05, 3.63) is 18.3 Å². The molecule has 0 saturated carbocycles. The standard InChI is InChI=1S/C13H21N3O3S/c1-3-14-13-5-4-12(10-15-13)20(17,18)16-8-6-11(19-2)7-9-16/h4-5,10-11H,3,6-9H2,1-2H3,(H,14,15). The van der Waals surface area contributed by atoms with Crippen molar-refractivity contribution in [2.45, 2.75) is 30.8 Å². The third-order valence-corrected chi connectivity index (χ3v) is 5.35. The molecular weight excluding hydrogens is 278 g/mol. The van der Waals surface area contributed by atoms with Gasteiger partial charge >= 0.3 is 0 Å². The molecule has 1 aromatic rings. The molecule has 0 unspecified atom stereocenters. The molecule has 20 heavy (non-hydrogen) atoms. The summed E-state index contributed by atoms with van der Waals surface area (Å²) in [7, 11) is -1.77. The summed E-state index contributed by atoms with van der Waals surface area (Å²) in [4.78, 5) is 4.36. The number of nitrogens with one attached hydrogen (secondary N) is 1. The minimum Gasteiger partial charge on any atom is -0.381 e. The lowest BCUT2D eigenvalue weighted by Gasteiger charge is -2.30. The second-order valence-corrected chi connectivity index (χ2v) is 6.69. The average molecular weight is 299 g/mol. The number of pyridine rings is 1. The van der Waals surface area contributed by atoms with E-state index in [1.165, 1.54) is 10.5 Å². The van der Waals surface area contributed by atoms with Gasteiger partial charge in [0.05, 0.1) is 6.10 Å². The van der Waals surface area contributed by atoms with Gasteiger partial charge in [0.1, 0.15) is 10.7 Å². The fourth-order valence-electron chi connectivity index (χ4n) is 2.28. The Bertz CT molecular complexity index is 522. The van der Waals surface area contributed by atoms with E-state index >= 15 is 0 Å². The molecular formula is C13H21N3O3S. The van der Waals surface area contributed by atoms with Crippen LogP contribution in [0.25, 0.3) is 0 Å². The largest absolute Gasteiger partial charge is 0.381 e. The SMILES string of the molecule is CCNc1ccc(S(=O)(=O)N2CCC(OC)CC2)cn1.